The Morgan fingerprint density at radius 2 is 2.00 bits per heavy atom. The lowest BCUT2D eigenvalue weighted by Gasteiger charge is -2.13. The number of nitrogen functional groups attached to an aromatic ring is 1. The molecule has 5 nitrogen and oxygen atoms in total. The van der Waals surface area contributed by atoms with Crippen LogP contribution in [0.4, 0.5) is 5.69 Å². The van der Waals surface area contributed by atoms with Gasteiger partial charge in [-0.05, 0) is 37.8 Å². The normalized spacial score (nSPS) is 14.2. The highest BCUT2D eigenvalue weighted by Crippen LogP contribution is 2.23. The highest BCUT2D eigenvalue weighted by Gasteiger charge is 2.26. The van der Waals surface area contributed by atoms with Crippen LogP contribution in [0.25, 0.3) is 0 Å². The van der Waals surface area contributed by atoms with E-state index < -0.39 is 0 Å². The van der Waals surface area contributed by atoms with Crippen LogP contribution in [0.3, 0.4) is 0 Å². The maximum absolute atomic E-state index is 12.5. The maximum Gasteiger partial charge on any atom is 0.271 e. The Labute approximate surface area is 124 Å². The molecule has 2 aromatic rings. The summed E-state index contributed by atoms with van der Waals surface area (Å²) in [6.07, 6.45) is 1.75. The number of benzene rings is 1. The molecule has 0 bridgehead atoms. The number of hydrogen-bond acceptors (Lipinski definition) is 3. The van der Waals surface area contributed by atoms with E-state index in [9.17, 15) is 4.79 Å². The first kappa shape index (κ1) is 13.7. The molecule has 0 radical (unpaired) electrons. The van der Waals surface area contributed by atoms with Gasteiger partial charge in [0.25, 0.3) is 5.91 Å². The van der Waals surface area contributed by atoms with Gasteiger partial charge in [-0.15, -0.1) is 0 Å². The summed E-state index contributed by atoms with van der Waals surface area (Å²) in [5.74, 6) is -0.132. The van der Waals surface area contributed by atoms with Gasteiger partial charge < -0.3 is 11.1 Å². The summed E-state index contributed by atoms with van der Waals surface area (Å²) in [5, 5.41) is 7.39. The zero-order valence-corrected chi connectivity index (χ0v) is 12.4. The quantitative estimate of drug-likeness (QED) is 0.901. The minimum Gasteiger partial charge on any atom is -0.395 e. The molecule has 5 heteroatoms. The van der Waals surface area contributed by atoms with Gasteiger partial charge in [0, 0.05) is 12.6 Å². The molecule has 1 amide bonds. The van der Waals surface area contributed by atoms with E-state index >= 15 is 0 Å². The second-order valence-corrected chi connectivity index (χ2v) is 5.51. The Morgan fingerprint density at radius 3 is 2.57 bits per heavy atom. The predicted octanol–water partition coefficient (Wildman–Crippen LogP) is 1.69. The summed E-state index contributed by atoms with van der Waals surface area (Å²) in [6, 6.07) is 8.45. The number of anilines is 1. The largest absolute Gasteiger partial charge is 0.395 e. The number of carbonyl (C=O) groups is 1. The first-order chi connectivity index (χ1) is 10.1. The van der Waals surface area contributed by atoms with Gasteiger partial charge in [-0.3, -0.25) is 9.48 Å². The van der Waals surface area contributed by atoms with Gasteiger partial charge in [0.15, 0.2) is 0 Å². The van der Waals surface area contributed by atoms with Gasteiger partial charge in [-0.2, -0.15) is 5.10 Å². The molecule has 0 saturated carbocycles. The van der Waals surface area contributed by atoms with Crippen LogP contribution in [0, 0.1) is 6.92 Å². The lowest BCUT2D eigenvalue weighted by atomic mass is 10.1. The van der Waals surface area contributed by atoms with Crippen LogP contribution in [0.2, 0.25) is 0 Å². The van der Waals surface area contributed by atoms with Gasteiger partial charge in [-0.1, -0.05) is 24.3 Å². The number of aryl methyl sites for hydroxylation is 2. The van der Waals surface area contributed by atoms with E-state index in [4.69, 9.17) is 5.73 Å². The predicted molar refractivity (Wildman–Crippen MR) is 82.2 cm³/mol. The number of nitrogens with two attached hydrogens (primary N) is 1. The van der Waals surface area contributed by atoms with Gasteiger partial charge in [0.05, 0.1) is 11.4 Å². The van der Waals surface area contributed by atoms with E-state index in [2.05, 4.69) is 22.5 Å². The van der Waals surface area contributed by atoms with Crippen LogP contribution in [0.1, 0.15) is 34.2 Å². The fourth-order valence-corrected chi connectivity index (χ4v) is 2.98. The SMILES string of the molecule is CCn1nc(C)c(N)c1C(=O)NC1Cc2ccccc2C1. The molecule has 1 aliphatic rings. The van der Waals surface area contributed by atoms with Crippen LogP contribution in [0.5, 0.6) is 0 Å². The summed E-state index contributed by atoms with van der Waals surface area (Å²) in [4.78, 5) is 12.5. The molecular weight excluding hydrogens is 264 g/mol. The standard InChI is InChI=1S/C16H20N4O/c1-3-20-15(14(17)10(2)19-20)16(21)18-13-8-11-6-4-5-7-12(11)9-13/h4-7,13H,3,8-9,17H2,1-2H3,(H,18,21). The van der Waals surface area contributed by atoms with Crippen molar-refractivity contribution in [1.29, 1.82) is 0 Å². The fraction of sp³-hybridized carbons (Fsp3) is 0.375. The molecule has 3 N–H and O–H groups in total. The third-order valence-corrected chi connectivity index (χ3v) is 4.07. The minimum absolute atomic E-state index is 0.132. The van der Waals surface area contributed by atoms with Crippen molar-refractivity contribution in [2.75, 3.05) is 5.73 Å². The zero-order valence-electron chi connectivity index (χ0n) is 12.4. The Kier molecular flexibility index (Phi) is 3.41. The van der Waals surface area contributed by atoms with E-state index in [1.165, 1.54) is 11.1 Å². The van der Waals surface area contributed by atoms with Crippen LogP contribution in [-0.2, 0) is 19.4 Å². The smallest absolute Gasteiger partial charge is 0.271 e. The molecule has 0 spiro atoms. The first-order valence-electron chi connectivity index (χ1n) is 7.30. The maximum atomic E-state index is 12.5. The Morgan fingerprint density at radius 1 is 1.38 bits per heavy atom. The summed E-state index contributed by atoms with van der Waals surface area (Å²) in [7, 11) is 0. The molecule has 3 rings (SSSR count). The number of hydrogen-bond donors (Lipinski definition) is 2. The van der Waals surface area contributed by atoms with Crippen LogP contribution in [0.15, 0.2) is 24.3 Å². The highest BCUT2D eigenvalue weighted by atomic mass is 16.2. The van der Waals surface area contributed by atoms with Gasteiger partial charge in [0.1, 0.15) is 5.69 Å². The van der Waals surface area contributed by atoms with Gasteiger partial charge >= 0.3 is 0 Å². The highest BCUT2D eigenvalue weighted by molar-refractivity contribution is 5.98. The van der Waals surface area contributed by atoms with Crippen molar-refractivity contribution in [1.82, 2.24) is 15.1 Å². The number of rotatable bonds is 3. The molecule has 0 aliphatic heterocycles. The van der Waals surface area contributed by atoms with Crippen molar-refractivity contribution in [3.63, 3.8) is 0 Å². The first-order valence-corrected chi connectivity index (χ1v) is 7.30. The van der Waals surface area contributed by atoms with Gasteiger partial charge in [0.2, 0.25) is 0 Å². The third kappa shape index (κ3) is 2.39. The van der Waals surface area contributed by atoms with Crippen LogP contribution < -0.4 is 11.1 Å². The topological polar surface area (TPSA) is 72.9 Å². The number of amides is 1. The van der Waals surface area contributed by atoms with E-state index in [1.54, 1.807) is 4.68 Å². The lowest BCUT2D eigenvalue weighted by molar-refractivity contribution is 0.0929. The number of fused-ring (bicyclic) bond motifs is 1. The molecule has 1 aromatic carbocycles. The molecule has 1 heterocycles. The average Bonchev–Trinajstić information content (AvgIpc) is 2.99. The zero-order chi connectivity index (χ0) is 15.0. The van der Waals surface area contributed by atoms with Crippen LogP contribution in [-0.4, -0.2) is 21.7 Å². The van der Waals surface area contributed by atoms with Crippen molar-refractivity contribution in [2.45, 2.75) is 39.3 Å². The summed E-state index contributed by atoms with van der Waals surface area (Å²) >= 11 is 0. The van der Waals surface area contributed by atoms with Crippen LogP contribution >= 0.6 is 0 Å². The van der Waals surface area contributed by atoms with Crippen molar-refractivity contribution in [2.24, 2.45) is 0 Å². The van der Waals surface area contributed by atoms with Crippen molar-refractivity contribution < 1.29 is 4.79 Å². The second-order valence-electron chi connectivity index (χ2n) is 5.51. The monoisotopic (exact) mass is 284 g/mol. The summed E-state index contributed by atoms with van der Waals surface area (Å²) < 4.78 is 1.67. The molecular formula is C16H20N4O. The molecule has 0 unspecified atom stereocenters. The molecule has 1 aromatic heterocycles. The lowest BCUT2D eigenvalue weighted by Crippen LogP contribution is -2.36. The van der Waals surface area contributed by atoms with E-state index in [-0.39, 0.29) is 11.9 Å². The van der Waals surface area contributed by atoms with Gasteiger partial charge in [-0.25, -0.2) is 0 Å². The minimum atomic E-state index is -0.132. The molecule has 0 fully saturated rings. The van der Waals surface area contributed by atoms with E-state index in [0.717, 1.165) is 12.8 Å². The number of nitrogens with one attached hydrogen (secondary N) is 1. The molecule has 0 saturated heterocycles. The van der Waals surface area contributed by atoms with E-state index in [1.807, 2.05) is 26.0 Å². The number of nitrogens with zero attached hydrogens (tertiary/aromatic N) is 2. The molecule has 0 atom stereocenters. The van der Waals surface area contributed by atoms with E-state index in [0.29, 0.717) is 23.6 Å². The Balaban J connectivity index is 1.77. The fourth-order valence-electron chi connectivity index (χ4n) is 2.98. The third-order valence-electron chi connectivity index (χ3n) is 4.07. The molecule has 1 aliphatic carbocycles. The average molecular weight is 284 g/mol. The number of carbonyl (C=O) groups excluding carboxylic acids is 1. The molecule has 21 heavy (non-hydrogen) atoms. The molecule has 110 valence electrons. The summed E-state index contributed by atoms with van der Waals surface area (Å²) in [6.45, 7) is 4.41. The summed E-state index contributed by atoms with van der Waals surface area (Å²) in [5.41, 5.74) is 10.3. The Bertz CT molecular complexity index is 665. The Hall–Kier alpha value is -2.30. The van der Waals surface area contributed by atoms with Crippen molar-refractivity contribution >= 4 is 11.6 Å². The van der Waals surface area contributed by atoms with Crippen molar-refractivity contribution in [3.05, 3.63) is 46.8 Å². The number of aromatic nitrogens is 2. The second kappa shape index (κ2) is 5.24. The van der Waals surface area contributed by atoms with Crippen molar-refractivity contribution in [3.8, 4) is 0 Å².